The number of likely N-dealkylation sites (N-methyl/N-ethyl adjacent to an activating group) is 1. The molecule has 1 atom stereocenters. The fourth-order valence-corrected chi connectivity index (χ4v) is 4.12. The SMILES string of the molecule is CN(CCNCC1CCSC1)C1CCCC1. The highest BCUT2D eigenvalue weighted by molar-refractivity contribution is 7.99. The summed E-state index contributed by atoms with van der Waals surface area (Å²) in [6, 6.07) is 0.879. The summed E-state index contributed by atoms with van der Waals surface area (Å²) in [5, 5.41) is 3.63. The maximum Gasteiger partial charge on any atom is 0.0107 e. The standard InChI is InChI=1S/C13H26N2S/c1-15(13-4-2-3-5-13)8-7-14-10-12-6-9-16-11-12/h12-14H,2-11H2,1H3. The van der Waals surface area contributed by atoms with Crippen molar-refractivity contribution in [2.24, 2.45) is 5.92 Å². The van der Waals surface area contributed by atoms with Crippen molar-refractivity contribution < 1.29 is 0 Å². The van der Waals surface area contributed by atoms with Crippen molar-refractivity contribution in [3.05, 3.63) is 0 Å². The van der Waals surface area contributed by atoms with Gasteiger partial charge in [0.05, 0.1) is 0 Å². The van der Waals surface area contributed by atoms with Gasteiger partial charge in [-0.05, 0) is 50.3 Å². The lowest BCUT2D eigenvalue weighted by atomic mass is 10.1. The van der Waals surface area contributed by atoms with E-state index in [0.29, 0.717) is 0 Å². The third-order valence-electron chi connectivity index (χ3n) is 4.05. The summed E-state index contributed by atoms with van der Waals surface area (Å²) in [7, 11) is 2.29. The maximum absolute atomic E-state index is 3.63. The molecule has 0 amide bonds. The molecule has 2 fully saturated rings. The average molecular weight is 242 g/mol. The molecule has 0 aromatic carbocycles. The molecule has 16 heavy (non-hydrogen) atoms. The molecule has 0 radical (unpaired) electrons. The average Bonchev–Trinajstić information content (AvgIpc) is 2.96. The number of hydrogen-bond donors (Lipinski definition) is 1. The molecule has 1 aliphatic heterocycles. The Morgan fingerprint density at radius 2 is 2.06 bits per heavy atom. The molecule has 0 bridgehead atoms. The summed E-state index contributed by atoms with van der Waals surface area (Å²) in [6.45, 7) is 3.64. The summed E-state index contributed by atoms with van der Waals surface area (Å²) < 4.78 is 0. The van der Waals surface area contributed by atoms with E-state index in [4.69, 9.17) is 0 Å². The Kier molecular flexibility index (Phi) is 5.46. The van der Waals surface area contributed by atoms with Gasteiger partial charge in [0.2, 0.25) is 0 Å². The largest absolute Gasteiger partial charge is 0.315 e. The molecule has 0 aromatic rings. The van der Waals surface area contributed by atoms with E-state index in [2.05, 4.69) is 29.0 Å². The third-order valence-corrected chi connectivity index (χ3v) is 5.28. The lowest BCUT2D eigenvalue weighted by molar-refractivity contribution is 0.244. The summed E-state index contributed by atoms with van der Waals surface area (Å²) in [5.41, 5.74) is 0. The van der Waals surface area contributed by atoms with Crippen LogP contribution in [0.3, 0.4) is 0 Å². The Morgan fingerprint density at radius 1 is 1.25 bits per heavy atom. The van der Waals surface area contributed by atoms with Gasteiger partial charge in [0, 0.05) is 19.1 Å². The molecule has 1 saturated carbocycles. The van der Waals surface area contributed by atoms with Crippen LogP contribution in [0.25, 0.3) is 0 Å². The highest BCUT2D eigenvalue weighted by atomic mass is 32.2. The van der Waals surface area contributed by atoms with Crippen LogP contribution in [0, 0.1) is 5.92 Å². The first kappa shape index (κ1) is 12.7. The summed E-state index contributed by atoms with van der Waals surface area (Å²) in [4.78, 5) is 2.56. The zero-order valence-corrected chi connectivity index (χ0v) is 11.4. The first-order valence-corrected chi connectivity index (χ1v) is 8.00. The minimum atomic E-state index is 0.879. The fourth-order valence-electron chi connectivity index (χ4n) is 2.83. The van der Waals surface area contributed by atoms with Gasteiger partial charge in [0.15, 0.2) is 0 Å². The molecule has 2 aliphatic rings. The number of rotatable bonds is 6. The number of hydrogen-bond acceptors (Lipinski definition) is 3. The van der Waals surface area contributed by atoms with E-state index >= 15 is 0 Å². The van der Waals surface area contributed by atoms with E-state index < -0.39 is 0 Å². The van der Waals surface area contributed by atoms with Crippen LogP contribution in [0.4, 0.5) is 0 Å². The van der Waals surface area contributed by atoms with Crippen LogP contribution < -0.4 is 5.32 Å². The Hall–Kier alpha value is 0.270. The van der Waals surface area contributed by atoms with Crippen LogP contribution in [0.1, 0.15) is 32.1 Å². The van der Waals surface area contributed by atoms with Gasteiger partial charge in [0.25, 0.3) is 0 Å². The van der Waals surface area contributed by atoms with Gasteiger partial charge in [-0.3, -0.25) is 0 Å². The summed E-state index contributed by atoms with van der Waals surface area (Å²) in [6.07, 6.45) is 7.17. The topological polar surface area (TPSA) is 15.3 Å². The van der Waals surface area contributed by atoms with Crippen molar-refractivity contribution in [1.82, 2.24) is 10.2 Å². The second-order valence-corrected chi connectivity index (χ2v) is 6.50. The van der Waals surface area contributed by atoms with Crippen LogP contribution in [-0.2, 0) is 0 Å². The summed E-state index contributed by atoms with van der Waals surface area (Å²) in [5.74, 6) is 3.71. The zero-order valence-electron chi connectivity index (χ0n) is 10.6. The van der Waals surface area contributed by atoms with E-state index in [1.807, 2.05) is 0 Å². The van der Waals surface area contributed by atoms with Gasteiger partial charge in [-0.1, -0.05) is 12.8 Å². The van der Waals surface area contributed by atoms with Crippen molar-refractivity contribution in [3.63, 3.8) is 0 Å². The third kappa shape index (κ3) is 3.94. The Balaban J connectivity index is 1.50. The lowest BCUT2D eigenvalue weighted by Crippen LogP contribution is -2.36. The second kappa shape index (κ2) is 6.87. The van der Waals surface area contributed by atoms with Crippen molar-refractivity contribution >= 4 is 11.8 Å². The molecule has 2 rings (SSSR count). The smallest absolute Gasteiger partial charge is 0.0107 e. The van der Waals surface area contributed by atoms with Crippen molar-refractivity contribution in [3.8, 4) is 0 Å². The van der Waals surface area contributed by atoms with Crippen molar-refractivity contribution in [1.29, 1.82) is 0 Å². The van der Waals surface area contributed by atoms with Crippen molar-refractivity contribution in [2.75, 3.05) is 38.2 Å². The molecule has 1 saturated heterocycles. The predicted molar refractivity (Wildman–Crippen MR) is 73.2 cm³/mol. The number of nitrogens with one attached hydrogen (secondary N) is 1. The predicted octanol–water partition coefficient (Wildman–Crippen LogP) is 2.20. The number of thioether (sulfide) groups is 1. The molecule has 3 heteroatoms. The zero-order chi connectivity index (χ0) is 11.2. The van der Waals surface area contributed by atoms with Gasteiger partial charge in [-0.25, -0.2) is 0 Å². The molecule has 94 valence electrons. The molecular weight excluding hydrogens is 216 g/mol. The minimum absolute atomic E-state index is 0.879. The first-order chi connectivity index (χ1) is 7.86. The quantitative estimate of drug-likeness (QED) is 0.719. The molecular formula is C13H26N2S. The fraction of sp³-hybridized carbons (Fsp3) is 1.00. The van der Waals surface area contributed by atoms with Gasteiger partial charge < -0.3 is 10.2 Å². The van der Waals surface area contributed by atoms with E-state index in [0.717, 1.165) is 12.0 Å². The highest BCUT2D eigenvalue weighted by Gasteiger charge is 2.19. The Morgan fingerprint density at radius 3 is 2.75 bits per heavy atom. The molecule has 0 spiro atoms. The van der Waals surface area contributed by atoms with Crippen LogP contribution in [-0.4, -0.2) is 49.1 Å². The minimum Gasteiger partial charge on any atom is -0.315 e. The van der Waals surface area contributed by atoms with Gasteiger partial charge in [-0.2, -0.15) is 11.8 Å². The van der Waals surface area contributed by atoms with E-state index in [9.17, 15) is 0 Å². The van der Waals surface area contributed by atoms with Gasteiger partial charge >= 0.3 is 0 Å². The van der Waals surface area contributed by atoms with E-state index in [1.54, 1.807) is 0 Å². The van der Waals surface area contributed by atoms with Crippen LogP contribution in [0.5, 0.6) is 0 Å². The highest BCUT2D eigenvalue weighted by Crippen LogP contribution is 2.23. The first-order valence-electron chi connectivity index (χ1n) is 6.85. The maximum atomic E-state index is 3.63. The van der Waals surface area contributed by atoms with Crippen LogP contribution in [0.2, 0.25) is 0 Å². The molecule has 0 aromatic heterocycles. The van der Waals surface area contributed by atoms with Crippen LogP contribution in [0.15, 0.2) is 0 Å². The molecule has 2 nitrogen and oxygen atoms in total. The van der Waals surface area contributed by atoms with Gasteiger partial charge in [0.1, 0.15) is 0 Å². The Labute approximate surface area is 105 Å². The molecule has 1 heterocycles. The van der Waals surface area contributed by atoms with Crippen LogP contribution >= 0.6 is 11.8 Å². The monoisotopic (exact) mass is 242 g/mol. The molecule has 1 unspecified atom stereocenters. The second-order valence-electron chi connectivity index (χ2n) is 5.35. The summed E-state index contributed by atoms with van der Waals surface area (Å²) >= 11 is 2.12. The van der Waals surface area contributed by atoms with E-state index in [1.165, 1.54) is 63.2 Å². The Bertz CT molecular complexity index is 186. The van der Waals surface area contributed by atoms with Gasteiger partial charge in [-0.15, -0.1) is 0 Å². The van der Waals surface area contributed by atoms with E-state index in [-0.39, 0.29) is 0 Å². The molecule has 1 aliphatic carbocycles. The molecule has 1 N–H and O–H groups in total. The lowest BCUT2D eigenvalue weighted by Gasteiger charge is -2.24. The normalized spacial score (nSPS) is 27.0. The van der Waals surface area contributed by atoms with Crippen molar-refractivity contribution in [2.45, 2.75) is 38.1 Å². The number of nitrogens with zero attached hydrogens (tertiary/aromatic N) is 1.